The molecule has 2 amide bonds. The first-order valence-electron chi connectivity index (χ1n) is 12.4. The summed E-state index contributed by atoms with van der Waals surface area (Å²) in [5.74, 6) is 1.36. The highest BCUT2D eigenvalue weighted by Crippen LogP contribution is 2.34. The smallest absolute Gasteiger partial charge is 0.254 e. The summed E-state index contributed by atoms with van der Waals surface area (Å²) in [4.78, 5) is 31.9. The first-order chi connectivity index (χ1) is 17.8. The van der Waals surface area contributed by atoms with Gasteiger partial charge in [-0.1, -0.05) is 25.4 Å². The number of halogens is 1. The number of carbonyl (C=O) groups is 2. The topological polar surface area (TPSA) is 59.1 Å². The second-order valence-corrected chi connectivity index (χ2v) is 11.1. The molecule has 0 spiro atoms. The Kier molecular flexibility index (Phi) is 8.77. The van der Waals surface area contributed by atoms with Crippen LogP contribution in [0.3, 0.4) is 0 Å². The molecule has 37 heavy (non-hydrogen) atoms. The summed E-state index contributed by atoms with van der Waals surface area (Å²) < 4.78 is 11.4. The van der Waals surface area contributed by atoms with Crippen LogP contribution in [0, 0.1) is 12.8 Å². The molecule has 6 nitrogen and oxygen atoms in total. The van der Waals surface area contributed by atoms with Gasteiger partial charge in [0.25, 0.3) is 5.91 Å². The van der Waals surface area contributed by atoms with Gasteiger partial charge in [0.15, 0.2) is 0 Å². The van der Waals surface area contributed by atoms with Crippen molar-refractivity contribution in [1.82, 2.24) is 9.80 Å². The molecule has 8 heteroatoms. The summed E-state index contributed by atoms with van der Waals surface area (Å²) in [5.41, 5.74) is 2.59. The maximum Gasteiger partial charge on any atom is 0.254 e. The van der Waals surface area contributed by atoms with Crippen LogP contribution in [-0.2, 0) is 11.2 Å². The van der Waals surface area contributed by atoms with E-state index in [2.05, 4.69) is 11.4 Å². The molecular formula is C29H33ClN2O4S. The molecule has 0 bridgehead atoms. The number of hydrogen-bond acceptors (Lipinski definition) is 5. The van der Waals surface area contributed by atoms with E-state index in [0.29, 0.717) is 41.8 Å². The van der Waals surface area contributed by atoms with Crippen LogP contribution in [0.2, 0.25) is 5.02 Å². The fourth-order valence-corrected chi connectivity index (χ4v) is 5.63. The minimum atomic E-state index is -0.226. The van der Waals surface area contributed by atoms with Crippen molar-refractivity contribution in [3.05, 3.63) is 80.5 Å². The number of hydrogen-bond donors (Lipinski definition) is 0. The minimum Gasteiger partial charge on any atom is -0.497 e. The lowest BCUT2D eigenvalue weighted by atomic mass is 10.00. The Hall–Kier alpha value is -3.03. The highest BCUT2D eigenvalue weighted by atomic mass is 35.5. The molecule has 2 aromatic carbocycles. The number of fused-ring (bicyclic) bond motifs is 1. The highest BCUT2D eigenvalue weighted by molar-refractivity contribution is 7.10. The fourth-order valence-electron chi connectivity index (χ4n) is 4.59. The van der Waals surface area contributed by atoms with E-state index < -0.39 is 0 Å². The monoisotopic (exact) mass is 540 g/mol. The molecule has 0 N–H and O–H groups in total. The van der Waals surface area contributed by atoms with Gasteiger partial charge in [0, 0.05) is 28.6 Å². The van der Waals surface area contributed by atoms with Gasteiger partial charge in [-0.2, -0.15) is 0 Å². The lowest BCUT2D eigenvalue weighted by Crippen LogP contribution is -2.48. The van der Waals surface area contributed by atoms with Crippen molar-refractivity contribution >= 4 is 34.8 Å². The van der Waals surface area contributed by atoms with E-state index in [1.54, 1.807) is 47.6 Å². The normalized spacial score (nSPS) is 14.9. The van der Waals surface area contributed by atoms with E-state index in [0.717, 1.165) is 17.5 Å². The molecular weight excluding hydrogens is 508 g/mol. The summed E-state index contributed by atoms with van der Waals surface area (Å²) >= 11 is 7.88. The van der Waals surface area contributed by atoms with E-state index in [9.17, 15) is 9.59 Å². The fraction of sp³-hybridized carbons (Fsp3) is 0.379. The zero-order valence-electron chi connectivity index (χ0n) is 21.7. The molecule has 0 unspecified atom stereocenters. The number of aryl methyl sites for hydroxylation is 1. The maximum atomic E-state index is 13.7. The first kappa shape index (κ1) is 27.0. The van der Waals surface area contributed by atoms with E-state index in [1.165, 1.54) is 4.88 Å². The maximum absolute atomic E-state index is 13.7. The van der Waals surface area contributed by atoms with Crippen molar-refractivity contribution in [2.45, 2.75) is 33.2 Å². The van der Waals surface area contributed by atoms with Gasteiger partial charge >= 0.3 is 0 Å². The molecule has 0 saturated carbocycles. The summed E-state index contributed by atoms with van der Waals surface area (Å²) in [6.07, 6.45) is 0.798. The highest BCUT2D eigenvalue weighted by Gasteiger charge is 2.33. The molecule has 0 aliphatic carbocycles. The Morgan fingerprint density at radius 3 is 2.54 bits per heavy atom. The van der Waals surface area contributed by atoms with Gasteiger partial charge in [-0.15, -0.1) is 11.3 Å². The number of carbonyl (C=O) groups excluding carboxylic acids is 2. The third kappa shape index (κ3) is 6.46. The largest absolute Gasteiger partial charge is 0.497 e. The molecule has 3 aromatic rings. The van der Waals surface area contributed by atoms with Gasteiger partial charge in [-0.05, 0) is 84.3 Å². The summed E-state index contributed by atoms with van der Waals surface area (Å²) in [5, 5.41) is 2.75. The first-order valence-corrected chi connectivity index (χ1v) is 13.7. The van der Waals surface area contributed by atoms with Gasteiger partial charge in [0.2, 0.25) is 5.91 Å². The molecule has 0 radical (unpaired) electrons. The number of ether oxygens (including phenoxy) is 2. The number of thiophene rings is 1. The van der Waals surface area contributed by atoms with E-state index in [-0.39, 0.29) is 30.3 Å². The molecule has 0 saturated heterocycles. The van der Waals surface area contributed by atoms with E-state index >= 15 is 0 Å². The molecule has 1 atom stereocenters. The van der Waals surface area contributed by atoms with Crippen LogP contribution in [-0.4, -0.2) is 55.0 Å². The summed E-state index contributed by atoms with van der Waals surface area (Å²) in [6, 6.07) is 14.4. The molecule has 1 aliphatic rings. The standard InChI is InChI=1S/C29H33ClN2O4S/c1-19(2)16-31(29(34)21-5-7-22(35-4)8-6-21)17-28(33)32-13-11-27-24(12-14-37-27)26(32)18-36-23-9-10-25(30)20(3)15-23/h5-10,12,14-15,19,26H,11,13,16-18H2,1-4H3/t26-/m0/s1. The van der Waals surface area contributed by atoms with Gasteiger partial charge in [0.05, 0.1) is 13.2 Å². The summed E-state index contributed by atoms with van der Waals surface area (Å²) in [7, 11) is 1.59. The third-order valence-corrected chi connectivity index (χ3v) is 7.91. The molecule has 196 valence electrons. The lowest BCUT2D eigenvalue weighted by Gasteiger charge is -2.37. The van der Waals surface area contributed by atoms with Crippen LogP contribution in [0.4, 0.5) is 0 Å². The Labute approximate surface area is 227 Å². The zero-order chi connectivity index (χ0) is 26.5. The third-order valence-electron chi connectivity index (χ3n) is 6.49. The van der Waals surface area contributed by atoms with Crippen LogP contribution >= 0.6 is 22.9 Å². The van der Waals surface area contributed by atoms with Gasteiger partial charge in [-0.3, -0.25) is 9.59 Å². The summed E-state index contributed by atoms with van der Waals surface area (Å²) in [6.45, 7) is 7.44. The number of nitrogens with zero attached hydrogens (tertiary/aromatic N) is 2. The Morgan fingerprint density at radius 2 is 1.86 bits per heavy atom. The molecule has 0 fully saturated rings. The Morgan fingerprint density at radius 1 is 1.14 bits per heavy atom. The zero-order valence-corrected chi connectivity index (χ0v) is 23.3. The van der Waals surface area contributed by atoms with Crippen molar-refractivity contribution in [3.8, 4) is 11.5 Å². The number of methoxy groups -OCH3 is 1. The molecule has 4 rings (SSSR count). The second kappa shape index (κ2) is 12.0. The second-order valence-electron chi connectivity index (χ2n) is 9.68. The average molecular weight is 541 g/mol. The van der Waals surface area contributed by atoms with Crippen molar-refractivity contribution in [2.75, 3.05) is 33.4 Å². The predicted molar refractivity (Wildman–Crippen MR) is 148 cm³/mol. The van der Waals surface area contributed by atoms with Gasteiger partial charge < -0.3 is 19.3 Å². The van der Waals surface area contributed by atoms with Crippen LogP contribution < -0.4 is 9.47 Å². The van der Waals surface area contributed by atoms with Crippen molar-refractivity contribution in [3.63, 3.8) is 0 Å². The number of amides is 2. The van der Waals surface area contributed by atoms with Crippen LogP contribution in [0.25, 0.3) is 0 Å². The van der Waals surface area contributed by atoms with Crippen LogP contribution in [0.1, 0.15) is 46.3 Å². The molecule has 1 aliphatic heterocycles. The van der Waals surface area contributed by atoms with Crippen molar-refractivity contribution < 1.29 is 19.1 Å². The Bertz CT molecular complexity index is 1240. The van der Waals surface area contributed by atoms with Crippen LogP contribution in [0.15, 0.2) is 53.9 Å². The number of benzene rings is 2. The number of rotatable bonds is 9. The van der Waals surface area contributed by atoms with Crippen molar-refractivity contribution in [1.29, 1.82) is 0 Å². The molecule has 2 heterocycles. The Balaban J connectivity index is 1.53. The minimum absolute atomic E-state index is 0.0130. The average Bonchev–Trinajstić information content (AvgIpc) is 3.37. The molecule has 1 aromatic heterocycles. The van der Waals surface area contributed by atoms with E-state index in [1.807, 2.05) is 43.9 Å². The SMILES string of the molecule is COc1ccc(C(=O)N(CC(=O)N2CCc3sccc3[C@@H]2COc2ccc(Cl)c(C)c2)CC(C)C)cc1. The van der Waals surface area contributed by atoms with Crippen LogP contribution in [0.5, 0.6) is 11.5 Å². The quantitative estimate of drug-likeness (QED) is 0.333. The van der Waals surface area contributed by atoms with Gasteiger partial charge in [0.1, 0.15) is 24.7 Å². The van der Waals surface area contributed by atoms with Crippen molar-refractivity contribution in [2.24, 2.45) is 5.92 Å². The van der Waals surface area contributed by atoms with Gasteiger partial charge in [-0.25, -0.2) is 0 Å². The predicted octanol–water partition coefficient (Wildman–Crippen LogP) is 6.02. The lowest BCUT2D eigenvalue weighted by molar-refractivity contribution is -0.135. The van der Waals surface area contributed by atoms with E-state index in [4.69, 9.17) is 21.1 Å².